The Kier molecular flexibility index (Phi) is 5.02. The SMILES string of the molecule is O=C(CCCc1ccc(Cl)cc1)Nc1n[nH]c(C(F)(F)F)n1. The van der Waals surface area contributed by atoms with E-state index in [9.17, 15) is 18.0 Å². The van der Waals surface area contributed by atoms with Crippen LogP contribution in [0.25, 0.3) is 0 Å². The number of rotatable bonds is 5. The third-order valence-corrected chi connectivity index (χ3v) is 3.04. The molecule has 22 heavy (non-hydrogen) atoms. The fourth-order valence-corrected chi connectivity index (χ4v) is 1.86. The summed E-state index contributed by atoms with van der Waals surface area (Å²) in [5.41, 5.74) is 1.02. The lowest BCUT2D eigenvalue weighted by molar-refractivity contribution is -0.144. The molecule has 1 aromatic carbocycles. The number of aromatic nitrogens is 3. The number of carbonyl (C=O) groups is 1. The highest BCUT2D eigenvalue weighted by Gasteiger charge is 2.35. The average molecular weight is 333 g/mol. The van der Waals surface area contributed by atoms with Gasteiger partial charge in [-0.25, -0.2) is 0 Å². The van der Waals surface area contributed by atoms with Crippen LogP contribution in [-0.2, 0) is 17.4 Å². The first-order valence-electron chi connectivity index (χ1n) is 6.38. The smallest absolute Gasteiger partial charge is 0.293 e. The van der Waals surface area contributed by atoms with Gasteiger partial charge in [0.05, 0.1) is 0 Å². The minimum Gasteiger partial charge on any atom is -0.293 e. The number of aryl methyl sites for hydroxylation is 1. The predicted molar refractivity (Wildman–Crippen MR) is 74.4 cm³/mol. The second kappa shape index (κ2) is 6.78. The monoisotopic (exact) mass is 332 g/mol. The zero-order valence-electron chi connectivity index (χ0n) is 11.2. The van der Waals surface area contributed by atoms with E-state index in [1.54, 1.807) is 17.2 Å². The number of hydrogen-bond acceptors (Lipinski definition) is 3. The summed E-state index contributed by atoms with van der Waals surface area (Å²) >= 11 is 5.76. The van der Waals surface area contributed by atoms with E-state index in [-0.39, 0.29) is 12.4 Å². The molecule has 0 atom stereocenters. The van der Waals surface area contributed by atoms with E-state index in [2.05, 4.69) is 15.4 Å². The summed E-state index contributed by atoms with van der Waals surface area (Å²) in [6.45, 7) is 0. The lowest BCUT2D eigenvalue weighted by Gasteiger charge is -2.02. The highest BCUT2D eigenvalue weighted by atomic mass is 35.5. The molecule has 0 fully saturated rings. The number of H-pyrrole nitrogens is 1. The van der Waals surface area contributed by atoms with Gasteiger partial charge >= 0.3 is 6.18 Å². The summed E-state index contributed by atoms with van der Waals surface area (Å²) in [4.78, 5) is 14.8. The van der Waals surface area contributed by atoms with Gasteiger partial charge in [-0.15, -0.1) is 5.10 Å². The molecule has 0 aliphatic carbocycles. The van der Waals surface area contributed by atoms with E-state index in [1.165, 1.54) is 0 Å². The average Bonchev–Trinajstić information content (AvgIpc) is 2.89. The van der Waals surface area contributed by atoms with Gasteiger partial charge in [-0.05, 0) is 30.5 Å². The van der Waals surface area contributed by atoms with Crippen LogP contribution in [0.5, 0.6) is 0 Å². The largest absolute Gasteiger partial charge is 0.451 e. The number of nitrogens with zero attached hydrogens (tertiary/aromatic N) is 2. The molecule has 9 heteroatoms. The van der Waals surface area contributed by atoms with Crippen LogP contribution in [0.15, 0.2) is 24.3 Å². The van der Waals surface area contributed by atoms with Crippen LogP contribution in [0.4, 0.5) is 19.1 Å². The molecular formula is C13H12ClF3N4O. The van der Waals surface area contributed by atoms with Crippen molar-refractivity contribution in [3.8, 4) is 0 Å². The molecular weight excluding hydrogens is 321 g/mol. The molecule has 2 N–H and O–H groups in total. The first kappa shape index (κ1) is 16.3. The van der Waals surface area contributed by atoms with Crippen molar-refractivity contribution in [1.82, 2.24) is 15.2 Å². The minimum absolute atomic E-state index is 0.151. The number of halogens is 4. The molecule has 0 saturated heterocycles. The molecule has 118 valence electrons. The Morgan fingerprint density at radius 3 is 2.55 bits per heavy atom. The van der Waals surface area contributed by atoms with Crippen LogP contribution in [0.3, 0.4) is 0 Å². The quantitative estimate of drug-likeness (QED) is 0.881. The van der Waals surface area contributed by atoms with Crippen molar-refractivity contribution in [2.75, 3.05) is 5.32 Å². The topological polar surface area (TPSA) is 70.7 Å². The fraction of sp³-hybridized carbons (Fsp3) is 0.308. The van der Waals surface area contributed by atoms with Gasteiger partial charge in [0.15, 0.2) is 0 Å². The third-order valence-electron chi connectivity index (χ3n) is 2.79. The zero-order chi connectivity index (χ0) is 16.2. The number of anilines is 1. The van der Waals surface area contributed by atoms with Crippen molar-refractivity contribution in [1.29, 1.82) is 0 Å². The maximum atomic E-state index is 12.3. The number of hydrogen-bond donors (Lipinski definition) is 2. The molecule has 0 spiro atoms. The number of nitrogens with one attached hydrogen (secondary N) is 2. The summed E-state index contributed by atoms with van der Waals surface area (Å²) in [5, 5.41) is 7.87. The standard InChI is InChI=1S/C13H12ClF3N4O/c14-9-6-4-8(5-7-9)2-1-3-10(22)18-12-19-11(20-21-12)13(15,16)17/h4-7H,1-3H2,(H2,18,19,20,21,22). The number of aromatic amines is 1. The second-order valence-electron chi connectivity index (χ2n) is 4.53. The zero-order valence-corrected chi connectivity index (χ0v) is 12.0. The maximum Gasteiger partial charge on any atom is 0.451 e. The van der Waals surface area contributed by atoms with Crippen molar-refractivity contribution < 1.29 is 18.0 Å². The maximum absolute atomic E-state index is 12.3. The van der Waals surface area contributed by atoms with Crippen LogP contribution in [0, 0.1) is 0 Å². The molecule has 1 heterocycles. The Bertz CT molecular complexity index is 639. The van der Waals surface area contributed by atoms with Gasteiger partial charge in [0.1, 0.15) is 0 Å². The van der Waals surface area contributed by atoms with E-state index in [0.717, 1.165) is 5.56 Å². The van der Waals surface area contributed by atoms with E-state index in [0.29, 0.717) is 17.9 Å². The van der Waals surface area contributed by atoms with Gasteiger partial charge in [0.2, 0.25) is 17.7 Å². The van der Waals surface area contributed by atoms with Gasteiger partial charge < -0.3 is 0 Å². The number of alkyl halides is 3. The third kappa shape index (κ3) is 4.73. The van der Waals surface area contributed by atoms with Crippen LogP contribution < -0.4 is 5.32 Å². The molecule has 0 aliphatic rings. The predicted octanol–water partition coefficient (Wildman–Crippen LogP) is 3.44. The van der Waals surface area contributed by atoms with Crippen molar-refractivity contribution >= 4 is 23.5 Å². The Labute approximate surface area is 128 Å². The molecule has 0 saturated carbocycles. The molecule has 1 amide bonds. The van der Waals surface area contributed by atoms with E-state index < -0.39 is 17.9 Å². The summed E-state index contributed by atoms with van der Waals surface area (Å²) in [5.74, 6) is -2.07. The normalized spacial score (nSPS) is 11.5. The molecule has 0 unspecified atom stereocenters. The lowest BCUT2D eigenvalue weighted by Crippen LogP contribution is -2.13. The number of amides is 1. The summed E-state index contributed by atoms with van der Waals surface area (Å²) in [6, 6.07) is 7.21. The van der Waals surface area contributed by atoms with E-state index in [4.69, 9.17) is 11.6 Å². The van der Waals surface area contributed by atoms with Crippen LogP contribution in [0.1, 0.15) is 24.2 Å². The Morgan fingerprint density at radius 2 is 1.95 bits per heavy atom. The van der Waals surface area contributed by atoms with Crippen LogP contribution in [0.2, 0.25) is 5.02 Å². The van der Waals surface area contributed by atoms with Gasteiger partial charge in [-0.1, -0.05) is 23.7 Å². The second-order valence-corrected chi connectivity index (χ2v) is 4.97. The van der Waals surface area contributed by atoms with Gasteiger partial charge in [0, 0.05) is 11.4 Å². The molecule has 1 aromatic heterocycles. The number of benzene rings is 1. The molecule has 0 bridgehead atoms. The lowest BCUT2D eigenvalue weighted by atomic mass is 10.1. The highest BCUT2D eigenvalue weighted by molar-refractivity contribution is 6.30. The Hall–Kier alpha value is -2.09. The fourth-order valence-electron chi connectivity index (χ4n) is 1.74. The van der Waals surface area contributed by atoms with Crippen LogP contribution >= 0.6 is 11.6 Å². The molecule has 2 rings (SSSR count). The van der Waals surface area contributed by atoms with E-state index in [1.807, 2.05) is 12.1 Å². The summed E-state index contributed by atoms with van der Waals surface area (Å²) in [7, 11) is 0. The van der Waals surface area contributed by atoms with Gasteiger partial charge in [-0.2, -0.15) is 18.2 Å². The van der Waals surface area contributed by atoms with Crippen molar-refractivity contribution in [3.05, 3.63) is 40.7 Å². The molecule has 5 nitrogen and oxygen atoms in total. The molecule has 0 aliphatic heterocycles. The van der Waals surface area contributed by atoms with Crippen molar-refractivity contribution in [2.45, 2.75) is 25.4 Å². The minimum atomic E-state index is -4.62. The summed E-state index contributed by atoms with van der Waals surface area (Å²) < 4.78 is 36.9. The molecule has 2 aromatic rings. The van der Waals surface area contributed by atoms with Crippen molar-refractivity contribution in [2.24, 2.45) is 0 Å². The molecule has 0 radical (unpaired) electrons. The Morgan fingerprint density at radius 1 is 1.27 bits per heavy atom. The first-order valence-corrected chi connectivity index (χ1v) is 6.76. The number of carbonyl (C=O) groups excluding carboxylic acids is 1. The Balaban J connectivity index is 1.78. The summed E-state index contributed by atoms with van der Waals surface area (Å²) in [6.07, 6.45) is -3.26. The van der Waals surface area contributed by atoms with Gasteiger partial charge in [-0.3, -0.25) is 15.2 Å². The van der Waals surface area contributed by atoms with E-state index >= 15 is 0 Å². The highest BCUT2D eigenvalue weighted by Crippen LogP contribution is 2.26. The first-order chi connectivity index (χ1) is 10.3. The van der Waals surface area contributed by atoms with Crippen molar-refractivity contribution in [3.63, 3.8) is 0 Å². The van der Waals surface area contributed by atoms with Crippen LogP contribution in [-0.4, -0.2) is 21.1 Å². The van der Waals surface area contributed by atoms with Gasteiger partial charge in [0.25, 0.3) is 0 Å².